The molecular weight excluding hydrogens is 322 g/mol. The first-order valence-electron chi connectivity index (χ1n) is 7.98. The lowest BCUT2D eigenvalue weighted by Crippen LogP contribution is -2.19. The first-order valence-corrected chi connectivity index (χ1v) is 9.46. The van der Waals surface area contributed by atoms with Crippen LogP contribution in [0.5, 0.6) is 0 Å². The first kappa shape index (κ1) is 16.5. The summed E-state index contributed by atoms with van der Waals surface area (Å²) in [5.74, 6) is 0. The number of fused-ring (bicyclic) bond motifs is 1. The number of nitrogens with zero attached hydrogens (tertiary/aromatic N) is 1. The second-order valence-corrected chi connectivity index (χ2v) is 7.62. The number of para-hydroxylation sites is 1. The molecular formula is C19H19NO3S. The van der Waals surface area contributed by atoms with Crippen LogP contribution in [0.3, 0.4) is 0 Å². The van der Waals surface area contributed by atoms with Crippen LogP contribution in [0.1, 0.15) is 19.8 Å². The van der Waals surface area contributed by atoms with Crippen LogP contribution in [0.2, 0.25) is 0 Å². The summed E-state index contributed by atoms with van der Waals surface area (Å²) in [6, 6.07) is 15.2. The van der Waals surface area contributed by atoms with Crippen LogP contribution in [0.15, 0.2) is 75.4 Å². The quantitative estimate of drug-likeness (QED) is 0.712. The zero-order chi connectivity index (χ0) is 17.2. The molecule has 0 spiro atoms. The van der Waals surface area contributed by atoms with Crippen molar-refractivity contribution < 1.29 is 8.42 Å². The highest BCUT2D eigenvalue weighted by molar-refractivity contribution is 7.91. The van der Waals surface area contributed by atoms with Gasteiger partial charge < -0.3 is 4.57 Å². The predicted molar refractivity (Wildman–Crippen MR) is 95.0 cm³/mol. The van der Waals surface area contributed by atoms with Crippen molar-refractivity contribution in [1.82, 2.24) is 4.57 Å². The molecule has 5 heteroatoms. The van der Waals surface area contributed by atoms with Gasteiger partial charge >= 0.3 is 0 Å². The summed E-state index contributed by atoms with van der Waals surface area (Å²) in [5, 5.41) is 0.436. The number of hydrogen-bond acceptors (Lipinski definition) is 3. The summed E-state index contributed by atoms with van der Waals surface area (Å²) in [7, 11) is -3.84. The van der Waals surface area contributed by atoms with E-state index < -0.39 is 15.3 Å². The van der Waals surface area contributed by atoms with Gasteiger partial charge in [-0.3, -0.25) is 4.79 Å². The van der Waals surface area contributed by atoms with E-state index in [2.05, 4.69) is 6.92 Å². The zero-order valence-corrected chi connectivity index (χ0v) is 14.3. The molecule has 0 atom stereocenters. The average molecular weight is 341 g/mol. The number of aryl methyl sites for hydroxylation is 1. The molecule has 2 aromatic carbocycles. The van der Waals surface area contributed by atoms with Gasteiger partial charge in [-0.25, -0.2) is 8.42 Å². The normalized spacial score (nSPS) is 11.7. The van der Waals surface area contributed by atoms with Crippen LogP contribution in [-0.2, 0) is 16.4 Å². The average Bonchev–Trinajstić information content (AvgIpc) is 2.62. The van der Waals surface area contributed by atoms with E-state index in [1.54, 1.807) is 30.3 Å². The van der Waals surface area contributed by atoms with E-state index >= 15 is 0 Å². The maximum Gasteiger partial charge on any atom is 0.211 e. The minimum absolute atomic E-state index is 0.138. The molecule has 0 unspecified atom stereocenters. The van der Waals surface area contributed by atoms with Gasteiger partial charge in [0.15, 0.2) is 0 Å². The van der Waals surface area contributed by atoms with Crippen molar-refractivity contribution in [3.05, 3.63) is 71.0 Å². The van der Waals surface area contributed by atoms with Crippen LogP contribution < -0.4 is 5.43 Å². The van der Waals surface area contributed by atoms with E-state index in [1.165, 1.54) is 18.3 Å². The molecule has 0 radical (unpaired) electrons. The fourth-order valence-electron chi connectivity index (χ4n) is 2.75. The van der Waals surface area contributed by atoms with Gasteiger partial charge in [-0.2, -0.15) is 0 Å². The lowest BCUT2D eigenvalue weighted by Gasteiger charge is -2.13. The number of rotatable bonds is 5. The Labute approximate surface area is 141 Å². The highest BCUT2D eigenvalue weighted by Gasteiger charge is 2.23. The fraction of sp³-hybridized carbons (Fsp3) is 0.211. The van der Waals surface area contributed by atoms with Crippen LogP contribution >= 0.6 is 0 Å². The molecule has 0 fully saturated rings. The van der Waals surface area contributed by atoms with Gasteiger partial charge in [-0.05, 0) is 30.7 Å². The minimum atomic E-state index is -3.84. The third kappa shape index (κ3) is 2.87. The second-order valence-electron chi connectivity index (χ2n) is 5.70. The Hall–Kier alpha value is -2.40. The van der Waals surface area contributed by atoms with E-state index in [1.807, 2.05) is 16.7 Å². The Balaban J connectivity index is 2.29. The van der Waals surface area contributed by atoms with Gasteiger partial charge in [0.25, 0.3) is 0 Å². The molecule has 0 bridgehead atoms. The fourth-order valence-corrected chi connectivity index (χ4v) is 4.14. The predicted octanol–water partition coefficient (Wildman–Crippen LogP) is 3.63. The number of unbranched alkanes of at least 4 members (excludes halogenated alkanes) is 1. The molecule has 3 rings (SSSR count). The van der Waals surface area contributed by atoms with E-state index in [4.69, 9.17) is 0 Å². The molecule has 0 saturated heterocycles. The van der Waals surface area contributed by atoms with Gasteiger partial charge in [0.2, 0.25) is 15.3 Å². The Morgan fingerprint density at radius 1 is 0.958 bits per heavy atom. The van der Waals surface area contributed by atoms with E-state index in [0.717, 1.165) is 18.4 Å². The molecule has 0 aliphatic heterocycles. The molecule has 1 aromatic heterocycles. The topological polar surface area (TPSA) is 56.1 Å². The molecule has 0 aliphatic rings. The van der Waals surface area contributed by atoms with Gasteiger partial charge in [0.05, 0.1) is 10.4 Å². The zero-order valence-electron chi connectivity index (χ0n) is 13.5. The Morgan fingerprint density at radius 2 is 1.62 bits per heavy atom. The highest BCUT2D eigenvalue weighted by atomic mass is 32.2. The summed E-state index contributed by atoms with van der Waals surface area (Å²) < 4.78 is 27.7. The Morgan fingerprint density at radius 3 is 2.33 bits per heavy atom. The van der Waals surface area contributed by atoms with Gasteiger partial charge in [-0.1, -0.05) is 43.7 Å². The summed E-state index contributed by atoms with van der Waals surface area (Å²) in [6.45, 7) is 2.75. The van der Waals surface area contributed by atoms with Crippen molar-refractivity contribution >= 4 is 20.7 Å². The lowest BCUT2D eigenvalue weighted by atomic mass is 10.2. The molecule has 0 aliphatic carbocycles. The van der Waals surface area contributed by atoms with E-state index in [0.29, 0.717) is 11.9 Å². The standard InChI is InChI=1S/C19H19NO3S/c1-2-3-13-20-14-18(19(21)16-11-7-8-12-17(16)20)24(22,23)15-9-5-4-6-10-15/h4-12,14H,2-3,13H2,1H3. The molecule has 4 nitrogen and oxygen atoms in total. The van der Waals surface area contributed by atoms with Crippen LogP contribution in [0.25, 0.3) is 10.9 Å². The second kappa shape index (κ2) is 6.61. The van der Waals surface area contributed by atoms with Crippen molar-refractivity contribution in [3.63, 3.8) is 0 Å². The lowest BCUT2D eigenvalue weighted by molar-refractivity contribution is 0.591. The molecule has 1 heterocycles. The first-order chi connectivity index (χ1) is 11.6. The summed E-state index contributed by atoms with van der Waals surface area (Å²) in [6.07, 6.45) is 3.39. The molecule has 0 N–H and O–H groups in total. The van der Waals surface area contributed by atoms with Crippen molar-refractivity contribution in [2.75, 3.05) is 0 Å². The molecule has 0 amide bonds. The third-order valence-electron chi connectivity index (χ3n) is 4.05. The van der Waals surface area contributed by atoms with Gasteiger partial charge in [0.1, 0.15) is 4.90 Å². The summed E-state index contributed by atoms with van der Waals surface area (Å²) in [4.78, 5) is 12.8. The monoisotopic (exact) mass is 341 g/mol. The number of pyridine rings is 1. The Bertz CT molecular complexity index is 1020. The summed E-state index contributed by atoms with van der Waals surface area (Å²) in [5.41, 5.74) is 0.324. The van der Waals surface area contributed by atoms with Crippen LogP contribution in [0.4, 0.5) is 0 Å². The van der Waals surface area contributed by atoms with Gasteiger partial charge in [0, 0.05) is 18.1 Å². The van der Waals surface area contributed by atoms with E-state index in [9.17, 15) is 13.2 Å². The number of sulfone groups is 1. The van der Waals surface area contributed by atoms with Gasteiger partial charge in [-0.15, -0.1) is 0 Å². The van der Waals surface area contributed by atoms with Crippen LogP contribution in [-0.4, -0.2) is 13.0 Å². The number of aromatic nitrogens is 1. The summed E-state index contributed by atoms with van der Waals surface area (Å²) >= 11 is 0. The minimum Gasteiger partial charge on any atom is -0.346 e. The van der Waals surface area contributed by atoms with E-state index in [-0.39, 0.29) is 9.79 Å². The van der Waals surface area contributed by atoms with Crippen molar-refractivity contribution in [1.29, 1.82) is 0 Å². The third-order valence-corrected chi connectivity index (χ3v) is 5.81. The smallest absolute Gasteiger partial charge is 0.211 e. The van der Waals surface area contributed by atoms with Crippen LogP contribution in [0, 0.1) is 0 Å². The van der Waals surface area contributed by atoms with Crippen molar-refractivity contribution in [2.24, 2.45) is 0 Å². The largest absolute Gasteiger partial charge is 0.346 e. The molecule has 124 valence electrons. The highest BCUT2D eigenvalue weighted by Crippen LogP contribution is 2.21. The number of hydrogen-bond donors (Lipinski definition) is 0. The molecule has 3 aromatic rings. The SMILES string of the molecule is CCCCn1cc(S(=O)(=O)c2ccccc2)c(=O)c2ccccc21. The molecule has 0 saturated carbocycles. The van der Waals surface area contributed by atoms with Crippen molar-refractivity contribution in [2.45, 2.75) is 36.1 Å². The maximum atomic E-state index is 12.9. The number of benzene rings is 2. The van der Waals surface area contributed by atoms with Crippen molar-refractivity contribution in [3.8, 4) is 0 Å². The molecule has 24 heavy (non-hydrogen) atoms. The Kier molecular flexibility index (Phi) is 4.53. The maximum absolute atomic E-state index is 12.9.